The molecule has 0 heterocycles. The van der Waals surface area contributed by atoms with Crippen LogP contribution in [0.2, 0.25) is 5.02 Å². The number of carbonyl (C=O) groups excluding carboxylic acids is 1. The van der Waals surface area contributed by atoms with Crippen molar-refractivity contribution in [2.45, 2.75) is 6.42 Å². The Kier molecular flexibility index (Phi) is 4.04. The molecule has 0 fully saturated rings. The van der Waals surface area contributed by atoms with Gasteiger partial charge in [-0.25, -0.2) is 0 Å². The summed E-state index contributed by atoms with van der Waals surface area (Å²) in [5, 5.41) is 0.398. The van der Waals surface area contributed by atoms with Gasteiger partial charge in [-0.2, -0.15) is 0 Å². The molecule has 0 spiro atoms. The summed E-state index contributed by atoms with van der Waals surface area (Å²) in [5.41, 5.74) is 7.60. The first-order valence-corrected chi connectivity index (χ1v) is 6.56. The second-order valence-electron chi connectivity index (χ2n) is 3.97. The van der Waals surface area contributed by atoms with Crippen molar-refractivity contribution in [2.24, 2.45) is 0 Å². The largest absolute Gasteiger partial charge is 0.399 e. The van der Waals surface area contributed by atoms with E-state index in [4.69, 9.17) is 17.3 Å². The standard InChI is InChI=1S/C14H11BrClNO/c15-10-3-1-2-9(6-10)7-14(18)12-5-4-11(17)8-13(12)16/h1-6,8H,7,17H2. The van der Waals surface area contributed by atoms with Gasteiger partial charge in [-0.3, -0.25) is 4.79 Å². The average molecular weight is 325 g/mol. The lowest BCUT2D eigenvalue weighted by Crippen LogP contribution is -2.04. The smallest absolute Gasteiger partial charge is 0.168 e. The highest BCUT2D eigenvalue weighted by atomic mass is 79.9. The minimum absolute atomic E-state index is 0.0156. The van der Waals surface area contributed by atoms with Gasteiger partial charge in [0.1, 0.15) is 0 Å². The second-order valence-corrected chi connectivity index (χ2v) is 5.29. The summed E-state index contributed by atoms with van der Waals surface area (Å²) in [6.45, 7) is 0. The fourth-order valence-corrected chi connectivity index (χ4v) is 2.43. The molecule has 2 N–H and O–H groups in total. The van der Waals surface area contributed by atoms with Gasteiger partial charge in [-0.05, 0) is 35.9 Å². The highest BCUT2D eigenvalue weighted by Gasteiger charge is 2.11. The Morgan fingerprint density at radius 1 is 1.22 bits per heavy atom. The van der Waals surface area contributed by atoms with E-state index in [-0.39, 0.29) is 5.78 Å². The van der Waals surface area contributed by atoms with Gasteiger partial charge < -0.3 is 5.73 Å². The number of nitrogen functional groups attached to an aromatic ring is 1. The first kappa shape index (κ1) is 13.1. The van der Waals surface area contributed by atoms with Gasteiger partial charge in [-0.15, -0.1) is 0 Å². The van der Waals surface area contributed by atoms with E-state index in [9.17, 15) is 4.79 Å². The Labute approximate surface area is 119 Å². The number of benzene rings is 2. The maximum absolute atomic E-state index is 12.1. The molecule has 2 aromatic rings. The number of anilines is 1. The van der Waals surface area contributed by atoms with Crippen molar-refractivity contribution < 1.29 is 4.79 Å². The summed E-state index contributed by atoms with van der Waals surface area (Å²) in [4.78, 5) is 12.1. The van der Waals surface area contributed by atoms with Gasteiger partial charge in [0.05, 0.1) is 5.02 Å². The van der Waals surface area contributed by atoms with E-state index in [0.29, 0.717) is 22.7 Å². The van der Waals surface area contributed by atoms with Gasteiger partial charge in [0.15, 0.2) is 5.78 Å². The summed E-state index contributed by atoms with van der Waals surface area (Å²) >= 11 is 9.39. The van der Waals surface area contributed by atoms with Crippen LogP contribution < -0.4 is 5.73 Å². The van der Waals surface area contributed by atoms with Crippen LogP contribution in [-0.2, 0) is 6.42 Å². The molecule has 0 saturated carbocycles. The Morgan fingerprint density at radius 2 is 2.00 bits per heavy atom. The van der Waals surface area contributed by atoms with Crippen LogP contribution in [0.25, 0.3) is 0 Å². The lowest BCUT2D eigenvalue weighted by molar-refractivity contribution is 0.0993. The van der Waals surface area contributed by atoms with Crippen LogP contribution in [0.1, 0.15) is 15.9 Å². The molecule has 0 aromatic heterocycles. The van der Waals surface area contributed by atoms with Crippen LogP contribution in [-0.4, -0.2) is 5.78 Å². The summed E-state index contributed by atoms with van der Waals surface area (Å²) in [6.07, 6.45) is 0.322. The summed E-state index contributed by atoms with van der Waals surface area (Å²) in [7, 11) is 0. The monoisotopic (exact) mass is 323 g/mol. The molecule has 0 amide bonds. The van der Waals surface area contributed by atoms with Crippen molar-refractivity contribution in [3.8, 4) is 0 Å². The Morgan fingerprint density at radius 3 is 2.67 bits per heavy atom. The Balaban J connectivity index is 2.22. The van der Waals surface area contributed by atoms with Crippen LogP contribution in [0, 0.1) is 0 Å². The van der Waals surface area contributed by atoms with Crippen molar-refractivity contribution in [1.82, 2.24) is 0 Å². The highest BCUT2D eigenvalue weighted by Crippen LogP contribution is 2.21. The molecule has 4 heteroatoms. The fourth-order valence-electron chi connectivity index (χ4n) is 1.69. The van der Waals surface area contributed by atoms with Crippen LogP contribution >= 0.6 is 27.5 Å². The molecule has 0 aliphatic heterocycles. The van der Waals surface area contributed by atoms with Crippen LogP contribution in [0.5, 0.6) is 0 Å². The van der Waals surface area contributed by atoms with Crippen molar-refractivity contribution >= 4 is 39.0 Å². The third-order valence-electron chi connectivity index (χ3n) is 2.55. The number of hydrogen-bond acceptors (Lipinski definition) is 2. The normalized spacial score (nSPS) is 10.3. The first-order chi connectivity index (χ1) is 8.56. The molecule has 2 rings (SSSR count). The van der Waals surface area contributed by atoms with E-state index in [0.717, 1.165) is 10.0 Å². The lowest BCUT2D eigenvalue weighted by Gasteiger charge is -2.05. The highest BCUT2D eigenvalue weighted by molar-refractivity contribution is 9.10. The van der Waals surface area contributed by atoms with E-state index in [1.807, 2.05) is 24.3 Å². The second kappa shape index (κ2) is 5.55. The van der Waals surface area contributed by atoms with E-state index >= 15 is 0 Å². The number of hydrogen-bond donors (Lipinski definition) is 1. The molecule has 0 bridgehead atoms. The van der Waals surface area contributed by atoms with Crippen molar-refractivity contribution in [3.63, 3.8) is 0 Å². The van der Waals surface area contributed by atoms with E-state index in [1.165, 1.54) is 0 Å². The number of rotatable bonds is 3. The molecule has 0 saturated heterocycles. The van der Waals surface area contributed by atoms with E-state index in [1.54, 1.807) is 18.2 Å². The molecule has 0 atom stereocenters. The third kappa shape index (κ3) is 3.12. The predicted molar refractivity (Wildman–Crippen MR) is 78.0 cm³/mol. The molecule has 92 valence electrons. The summed E-state index contributed by atoms with van der Waals surface area (Å²) < 4.78 is 0.955. The molecule has 2 nitrogen and oxygen atoms in total. The van der Waals surface area contributed by atoms with Crippen molar-refractivity contribution in [3.05, 3.63) is 63.1 Å². The maximum Gasteiger partial charge on any atom is 0.168 e. The molecule has 0 aliphatic carbocycles. The molecular formula is C14H11BrClNO. The van der Waals surface area contributed by atoms with E-state index < -0.39 is 0 Å². The SMILES string of the molecule is Nc1ccc(C(=O)Cc2cccc(Br)c2)c(Cl)c1. The molecule has 0 aliphatic rings. The number of ketones is 1. The fraction of sp³-hybridized carbons (Fsp3) is 0.0714. The third-order valence-corrected chi connectivity index (χ3v) is 3.35. The van der Waals surface area contributed by atoms with Crippen LogP contribution in [0.4, 0.5) is 5.69 Å². The topological polar surface area (TPSA) is 43.1 Å². The minimum Gasteiger partial charge on any atom is -0.399 e. The van der Waals surface area contributed by atoms with Gasteiger partial charge in [0.25, 0.3) is 0 Å². The van der Waals surface area contributed by atoms with Crippen LogP contribution in [0.3, 0.4) is 0 Å². The van der Waals surface area contributed by atoms with Crippen LogP contribution in [0.15, 0.2) is 46.9 Å². The van der Waals surface area contributed by atoms with Gasteiger partial charge in [0, 0.05) is 22.1 Å². The molecular weight excluding hydrogens is 314 g/mol. The Hall–Kier alpha value is -1.32. The minimum atomic E-state index is -0.0156. The zero-order chi connectivity index (χ0) is 13.1. The zero-order valence-corrected chi connectivity index (χ0v) is 11.8. The molecule has 18 heavy (non-hydrogen) atoms. The maximum atomic E-state index is 12.1. The first-order valence-electron chi connectivity index (χ1n) is 5.39. The number of halogens is 2. The van der Waals surface area contributed by atoms with Gasteiger partial charge in [-0.1, -0.05) is 39.7 Å². The summed E-state index contributed by atoms with van der Waals surface area (Å²) in [5.74, 6) is -0.0156. The van der Waals surface area contributed by atoms with Gasteiger partial charge >= 0.3 is 0 Å². The molecule has 0 radical (unpaired) electrons. The molecule has 0 unspecified atom stereocenters. The van der Waals surface area contributed by atoms with Crippen molar-refractivity contribution in [1.29, 1.82) is 0 Å². The lowest BCUT2D eigenvalue weighted by atomic mass is 10.0. The summed E-state index contributed by atoms with van der Waals surface area (Å²) in [6, 6.07) is 12.6. The number of carbonyl (C=O) groups is 1. The van der Waals surface area contributed by atoms with Gasteiger partial charge in [0.2, 0.25) is 0 Å². The molecule has 2 aromatic carbocycles. The van der Waals surface area contributed by atoms with Crippen molar-refractivity contribution in [2.75, 3.05) is 5.73 Å². The predicted octanol–water partition coefficient (Wildman–Crippen LogP) is 4.11. The number of Topliss-reactive ketones (excluding diaryl/α,β-unsaturated/α-hetero) is 1. The Bertz CT molecular complexity index is 598. The quantitative estimate of drug-likeness (QED) is 0.682. The van der Waals surface area contributed by atoms with E-state index in [2.05, 4.69) is 15.9 Å². The zero-order valence-electron chi connectivity index (χ0n) is 9.49. The average Bonchev–Trinajstić information content (AvgIpc) is 2.28. The number of nitrogens with two attached hydrogens (primary N) is 1.